The van der Waals surface area contributed by atoms with Crippen molar-refractivity contribution in [2.24, 2.45) is 4.99 Å². The SMILES string of the molecule is CNC(=O)CC1CN=C(c2cc3cc(Oc4ccc(COC)nc4)cc(OC)c3[nH]2)S1. The van der Waals surface area contributed by atoms with E-state index >= 15 is 0 Å². The van der Waals surface area contributed by atoms with E-state index in [2.05, 4.69) is 20.3 Å². The number of aromatic amines is 1. The van der Waals surface area contributed by atoms with E-state index < -0.39 is 0 Å². The largest absolute Gasteiger partial charge is 0.494 e. The van der Waals surface area contributed by atoms with Gasteiger partial charge in [0.25, 0.3) is 0 Å². The van der Waals surface area contributed by atoms with Gasteiger partial charge in [0.15, 0.2) is 0 Å². The topological polar surface area (TPSA) is 97.8 Å². The molecular formula is C22H24N4O4S. The first-order chi connectivity index (χ1) is 15.1. The average molecular weight is 441 g/mol. The average Bonchev–Trinajstić information content (AvgIpc) is 3.41. The number of rotatable bonds is 8. The molecule has 0 radical (unpaired) electrons. The highest BCUT2D eigenvalue weighted by Gasteiger charge is 2.24. The van der Waals surface area contributed by atoms with Gasteiger partial charge in [0.2, 0.25) is 5.91 Å². The first kappa shape index (κ1) is 21.2. The van der Waals surface area contributed by atoms with Crippen LogP contribution in [0.2, 0.25) is 0 Å². The Balaban J connectivity index is 1.55. The molecule has 0 bridgehead atoms. The van der Waals surface area contributed by atoms with Gasteiger partial charge in [-0.1, -0.05) is 11.8 Å². The number of hydrogen-bond donors (Lipinski definition) is 2. The molecule has 4 rings (SSSR count). The number of aliphatic imine (C=N–C) groups is 1. The van der Waals surface area contributed by atoms with Crippen molar-refractivity contribution < 1.29 is 19.0 Å². The zero-order valence-corrected chi connectivity index (χ0v) is 18.4. The molecule has 9 heteroatoms. The van der Waals surface area contributed by atoms with Crippen molar-refractivity contribution in [3.05, 3.63) is 47.9 Å². The maximum Gasteiger partial charge on any atom is 0.220 e. The van der Waals surface area contributed by atoms with Crippen LogP contribution in [0.4, 0.5) is 0 Å². The monoisotopic (exact) mass is 440 g/mol. The molecule has 0 fully saturated rings. The fraction of sp³-hybridized carbons (Fsp3) is 0.318. The number of benzene rings is 1. The van der Waals surface area contributed by atoms with Crippen LogP contribution in [0.25, 0.3) is 10.9 Å². The minimum atomic E-state index is 0.0267. The smallest absolute Gasteiger partial charge is 0.220 e. The molecule has 3 heterocycles. The summed E-state index contributed by atoms with van der Waals surface area (Å²) in [5, 5.41) is 4.66. The van der Waals surface area contributed by atoms with Gasteiger partial charge < -0.3 is 24.5 Å². The Kier molecular flexibility index (Phi) is 6.43. The van der Waals surface area contributed by atoms with E-state index in [0.29, 0.717) is 36.8 Å². The summed E-state index contributed by atoms with van der Waals surface area (Å²) in [6.45, 7) is 1.08. The Bertz CT molecular complexity index is 1110. The highest BCUT2D eigenvalue weighted by atomic mass is 32.2. The van der Waals surface area contributed by atoms with E-state index in [1.54, 1.807) is 39.2 Å². The van der Waals surface area contributed by atoms with Crippen LogP contribution < -0.4 is 14.8 Å². The molecule has 3 aromatic rings. The molecule has 8 nitrogen and oxygen atoms in total. The summed E-state index contributed by atoms with van der Waals surface area (Å²) in [6, 6.07) is 9.54. The van der Waals surface area contributed by atoms with Crippen LogP contribution in [0.1, 0.15) is 17.8 Å². The number of ether oxygens (including phenoxy) is 3. The van der Waals surface area contributed by atoms with E-state index in [1.807, 2.05) is 30.3 Å². The number of carbonyl (C=O) groups excluding carboxylic acids is 1. The molecule has 0 aliphatic carbocycles. The second-order valence-electron chi connectivity index (χ2n) is 7.06. The summed E-state index contributed by atoms with van der Waals surface area (Å²) in [7, 11) is 4.91. The van der Waals surface area contributed by atoms with Gasteiger partial charge in [-0.15, -0.1) is 0 Å². The number of nitrogens with one attached hydrogen (secondary N) is 2. The number of methoxy groups -OCH3 is 2. The molecule has 0 saturated carbocycles. The minimum Gasteiger partial charge on any atom is -0.494 e. The fourth-order valence-corrected chi connectivity index (χ4v) is 4.43. The molecule has 1 amide bonds. The number of H-pyrrole nitrogens is 1. The number of pyridine rings is 1. The number of thioether (sulfide) groups is 1. The molecule has 1 aliphatic heterocycles. The van der Waals surface area contributed by atoms with Crippen LogP contribution in [0, 0.1) is 0 Å². The lowest BCUT2D eigenvalue weighted by atomic mass is 10.2. The number of carbonyl (C=O) groups is 1. The van der Waals surface area contributed by atoms with Crippen molar-refractivity contribution in [2.75, 3.05) is 27.8 Å². The molecule has 162 valence electrons. The molecule has 2 N–H and O–H groups in total. The molecule has 2 aromatic heterocycles. The highest BCUT2D eigenvalue weighted by Crippen LogP contribution is 2.36. The number of fused-ring (bicyclic) bond motifs is 1. The van der Waals surface area contributed by atoms with Crippen LogP contribution in [0.15, 0.2) is 41.5 Å². The van der Waals surface area contributed by atoms with E-state index in [4.69, 9.17) is 14.2 Å². The second kappa shape index (κ2) is 9.40. The summed E-state index contributed by atoms with van der Waals surface area (Å²) in [4.78, 5) is 24.0. The van der Waals surface area contributed by atoms with E-state index in [9.17, 15) is 4.79 Å². The Morgan fingerprint density at radius 3 is 2.84 bits per heavy atom. The Labute approximate surface area is 184 Å². The zero-order valence-electron chi connectivity index (χ0n) is 17.6. The summed E-state index contributed by atoms with van der Waals surface area (Å²) >= 11 is 1.62. The van der Waals surface area contributed by atoms with Crippen molar-refractivity contribution in [1.82, 2.24) is 15.3 Å². The van der Waals surface area contributed by atoms with Crippen LogP contribution in [0.3, 0.4) is 0 Å². The maximum absolute atomic E-state index is 11.6. The molecule has 31 heavy (non-hydrogen) atoms. The Morgan fingerprint density at radius 1 is 1.26 bits per heavy atom. The van der Waals surface area contributed by atoms with E-state index in [1.165, 1.54) is 0 Å². The van der Waals surface area contributed by atoms with Crippen molar-refractivity contribution in [1.29, 1.82) is 0 Å². The highest BCUT2D eigenvalue weighted by molar-refractivity contribution is 8.15. The molecular weight excluding hydrogens is 416 g/mol. The lowest BCUT2D eigenvalue weighted by Gasteiger charge is -2.09. The number of hydrogen-bond acceptors (Lipinski definition) is 7. The van der Waals surface area contributed by atoms with Gasteiger partial charge in [-0.2, -0.15) is 0 Å². The maximum atomic E-state index is 11.6. The van der Waals surface area contributed by atoms with Crippen molar-refractivity contribution in [3.8, 4) is 17.2 Å². The normalized spacial score (nSPS) is 15.7. The molecule has 1 aromatic carbocycles. The number of amides is 1. The molecule has 1 aliphatic rings. The van der Waals surface area contributed by atoms with Crippen molar-refractivity contribution >= 4 is 33.6 Å². The van der Waals surface area contributed by atoms with Crippen LogP contribution >= 0.6 is 11.8 Å². The van der Waals surface area contributed by atoms with E-state index in [0.717, 1.165) is 27.3 Å². The Hall–Kier alpha value is -3.04. The quantitative estimate of drug-likeness (QED) is 0.556. The molecule has 0 saturated heterocycles. The zero-order chi connectivity index (χ0) is 21.8. The van der Waals surface area contributed by atoms with Crippen LogP contribution in [-0.2, 0) is 16.1 Å². The third-order valence-corrected chi connectivity index (χ3v) is 6.07. The minimum absolute atomic E-state index is 0.0267. The summed E-state index contributed by atoms with van der Waals surface area (Å²) < 4.78 is 16.7. The van der Waals surface area contributed by atoms with Gasteiger partial charge in [0.1, 0.15) is 22.3 Å². The van der Waals surface area contributed by atoms with Gasteiger partial charge in [-0.05, 0) is 24.3 Å². The van der Waals surface area contributed by atoms with Crippen molar-refractivity contribution in [2.45, 2.75) is 18.3 Å². The third kappa shape index (κ3) is 4.83. The van der Waals surface area contributed by atoms with Crippen molar-refractivity contribution in [3.63, 3.8) is 0 Å². The predicted octanol–water partition coefficient (Wildman–Crippen LogP) is 3.51. The predicted molar refractivity (Wildman–Crippen MR) is 121 cm³/mol. The number of nitrogens with zero attached hydrogens (tertiary/aromatic N) is 2. The summed E-state index contributed by atoms with van der Waals surface area (Å²) in [6.07, 6.45) is 2.12. The molecule has 0 spiro atoms. The van der Waals surface area contributed by atoms with Gasteiger partial charge in [-0.25, -0.2) is 0 Å². The first-order valence-electron chi connectivity index (χ1n) is 9.84. The van der Waals surface area contributed by atoms with Crippen LogP contribution in [-0.4, -0.2) is 54.0 Å². The first-order valence-corrected chi connectivity index (χ1v) is 10.7. The molecule has 1 atom stereocenters. The number of aromatic nitrogens is 2. The second-order valence-corrected chi connectivity index (χ2v) is 8.35. The van der Waals surface area contributed by atoms with Gasteiger partial charge >= 0.3 is 0 Å². The standard InChI is InChI=1S/C22H24N4O4S/c1-23-20(27)9-17-11-25-22(31-17)18-7-13-6-16(8-19(29-3)21(13)26-18)30-15-5-4-14(12-28-2)24-10-15/h4-8,10,17,26H,9,11-12H2,1-3H3,(H,23,27). The van der Waals surface area contributed by atoms with Crippen LogP contribution in [0.5, 0.6) is 17.2 Å². The summed E-state index contributed by atoms with van der Waals surface area (Å²) in [5.74, 6) is 1.98. The van der Waals surface area contributed by atoms with E-state index in [-0.39, 0.29) is 11.2 Å². The third-order valence-electron chi connectivity index (χ3n) is 4.85. The molecule has 1 unspecified atom stereocenters. The lowest BCUT2D eigenvalue weighted by molar-refractivity contribution is -0.120. The van der Waals surface area contributed by atoms with Gasteiger partial charge in [0.05, 0.1) is 43.4 Å². The fourth-order valence-electron chi connectivity index (χ4n) is 3.34. The van der Waals surface area contributed by atoms with Gasteiger partial charge in [-0.3, -0.25) is 14.8 Å². The summed E-state index contributed by atoms with van der Waals surface area (Å²) in [5.41, 5.74) is 2.61. The lowest BCUT2D eigenvalue weighted by Crippen LogP contribution is -2.22. The Morgan fingerprint density at radius 2 is 2.13 bits per heavy atom. The van der Waals surface area contributed by atoms with Gasteiger partial charge in [0, 0.05) is 37.3 Å².